The van der Waals surface area contributed by atoms with E-state index in [0.717, 1.165) is 12.2 Å². The molecule has 2 rings (SSSR count). The van der Waals surface area contributed by atoms with Crippen molar-refractivity contribution in [3.05, 3.63) is 17.9 Å². The van der Waals surface area contributed by atoms with Gasteiger partial charge in [-0.2, -0.15) is 0 Å². The van der Waals surface area contributed by atoms with Gasteiger partial charge >= 0.3 is 0 Å². The van der Waals surface area contributed by atoms with Crippen molar-refractivity contribution in [1.82, 2.24) is 0 Å². The largest absolute Gasteiger partial charge is 0.491 e. The van der Waals surface area contributed by atoms with Gasteiger partial charge in [-0.25, -0.2) is 4.39 Å². The number of nitrogens with zero attached hydrogens (tertiary/aromatic N) is 1. The first-order valence-corrected chi connectivity index (χ1v) is 7.42. The minimum absolute atomic E-state index is 0.287. The van der Waals surface area contributed by atoms with E-state index >= 15 is 0 Å². The van der Waals surface area contributed by atoms with Crippen LogP contribution in [0.2, 0.25) is 0 Å². The first-order valence-electron chi connectivity index (χ1n) is 7.42. The summed E-state index contributed by atoms with van der Waals surface area (Å²) in [5.74, 6) is 1.11. The zero-order chi connectivity index (χ0) is 14.9. The van der Waals surface area contributed by atoms with Gasteiger partial charge in [-0.15, -0.1) is 0 Å². The molecule has 0 aliphatic carbocycles. The molecule has 1 aromatic rings. The van der Waals surface area contributed by atoms with E-state index in [1.54, 1.807) is 6.07 Å². The highest BCUT2D eigenvalue weighted by atomic mass is 19.1. The van der Waals surface area contributed by atoms with Crippen molar-refractivity contribution in [2.24, 2.45) is 11.8 Å². The smallest absolute Gasteiger partial charge is 0.167 e. The lowest BCUT2D eigenvalue weighted by Gasteiger charge is -2.43. The Morgan fingerprint density at radius 3 is 2.70 bits per heavy atom. The summed E-state index contributed by atoms with van der Waals surface area (Å²) in [6.45, 7) is 9.97. The van der Waals surface area contributed by atoms with Crippen molar-refractivity contribution in [2.45, 2.75) is 40.2 Å². The maximum atomic E-state index is 13.8. The molecule has 1 aromatic carbocycles. The summed E-state index contributed by atoms with van der Waals surface area (Å²) in [5, 5.41) is 0. The topological polar surface area (TPSA) is 38.5 Å². The van der Waals surface area contributed by atoms with Crippen molar-refractivity contribution in [3.8, 4) is 5.75 Å². The van der Waals surface area contributed by atoms with Gasteiger partial charge < -0.3 is 15.4 Å². The Hall–Kier alpha value is -1.45. The summed E-state index contributed by atoms with van der Waals surface area (Å²) in [7, 11) is 0. The van der Waals surface area contributed by atoms with E-state index in [2.05, 4.69) is 25.7 Å². The maximum Gasteiger partial charge on any atom is 0.167 e. The van der Waals surface area contributed by atoms with Crippen molar-refractivity contribution >= 4 is 11.4 Å². The number of nitrogens with two attached hydrogens (primary N) is 1. The molecule has 0 aromatic heterocycles. The second-order valence-corrected chi connectivity index (χ2v) is 5.99. The molecule has 3 atom stereocenters. The molecule has 0 saturated carbocycles. The molecule has 4 heteroatoms. The molecular weight excluding hydrogens is 255 g/mol. The van der Waals surface area contributed by atoms with Crippen LogP contribution in [0.15, 0.2) is 12.1 Å². The Morgan fingerprint density at radius 1 is 1.35 bits per heavy atom. The molecule has 1 aliphatic heterocycles. The number of piperidine rings is 1. The molecule has 3 nitrogen and oxygen atoms in total. The van der Waals surface area contributed by atoms with Crippen LogP contribution >= 0.6 is 0 Å². The highest BCUT2D eigenvalue weighted by Gasteiger charge is 2.30. The number of rotatable bonds is 3. The maximum absolute atomic E-state index is 13.8. The Labute approximate surface area is 120 Å². The number of halogens is 1. The summed E-state index contributed by atoms with van der Waals surface area (Å²) in [6.07, 6.45) is 1.22. The monoisotopic (exact) mass is 280 g/mol. The molecule has 0 spiro atoms. The summed E-state index contributed by atoms with van der Waals surface area (Å²) < 4.78 is 19.2. The molecule has 2 N–H and O–H groups in total. The van der Waals surface area contributed by atoms with Gasteiger partial charge in [-0.1, -0.05) is 13.8 Å². The van der Waals surface area contributed by atoms with Crippen molar-refractivity contribution in [3.63, 3.8) is 0 Å². The van der Waals surface area contributed by atoms with Crippen LogP contribution in [0.5, 0.6) is 5.75 Å². The predicted octanol–water partition coefficient (Wildman–Crippen LogP) is 3.68. The lowest BCUT2D eigenvalue weighted by molar-refractivity contribution is 0.295. The van der Waals surface area contributed by atoms with Gasteiger partial charge in [0.2, 0.25) is 0 Å². The van der Waals surface area contributed by atoms with Crippen LogP contribution in [0.3, 0.4) is 0 Å². The van der Waals surface area contributed by atoms with Crippen LogP contribution in [0, 0.1) is 17.7 Å². The quantitative estimate of drug-likeness (QED) is 0.858. The minimum atomic E-state index is -0.390. The molecule has 1 aliphatic rings. The molecule has 0 amide bonds. The molecule has 1 heterocycles. The van der Waals surface area contributed by atoms with E-state index in [-0.39, 0.29) is 11.6 Å². The lowest BCUT2D eigenvalue weighted by Crippen LogP contribution is -2.46. The standard InChI is InChI=1S/C16H25FN2O/c1-5-20-16-8-15(14(18)7-13(16)17)19-9-10(2)6-11(3)12(19)4/h7-8,10-12H,5-6,9,18H2,1-4H3. The first-order chi connectivity index (χ1) is 9.43. The van der Waals surface area contributed by atoms with Gasteiger partial charge in [0, 0.05) is 24.7 Å². The van der Waals surface area contributed by atoms with Crippen molar-refractivity contribution in [2.75, 3.05) is 23.8 Å². The number of hydrogen-bond donors (Lipinski definition) is 1. The summed E-state index contributed by atoms with van der Waals surface area (Å²) in [5.41, 5.74) is 7.41. The van der Waals surface area contributed by atoms with E-state index in [9.17, 15) is 4.39 Å². The molecule has 1 saturated heterocycles. The zero-order valence-electron chi connectivity index (χ0n) is 12.8. The van der Waals surface area contributed by atoms with Crippen LogP contribution in [0.1, 0.15) is 34.1 Å². The summed E-state index contributed by atoms with van der Waals surface area (Å²) >= 11 is 0. The van der Waals surface area contributed by atoms with Crippen LogP contribution in [-0.2, 0) is 0 Å². The highest BCUT2D eigenvalue weighted by Crippen LogP contribution is 2.37. The number of anilines is 2. The Morgan fingerprint density at radius 2 is 2.05 bits per heavy atom. The third-order valence-corrected chi connectivity index (χ3v) is 4.29. The van der Waals surface area contributed by atoms with Crippen LogP contribution in [0.25, 0.3) is 0 Å². The van der Waals surface area contributed by atoms with Gasteiger partial charge in [0.05, 0.1) is 18.0 Å². The molecule has 1 fully saturated rings. The first kappa shape index (κ1) is 14.9. The van der Waals surface area contributed by atoms with Gasteiger partial charge in [0.15, 0.2) is 11.6 Å². The summed E-state index contributed by atoms with van der Waals surface area (Å²) in [6, 6.07) is 3.51. The molecule has 20 heavy (non-hydrogen) atoms. The van der Waals surface area contributed by atoms with Crippen LogP contribution in [0.4, 0.5) is 15.8 Å². The fourth-order valence-electron chi connectivity index (χ4n) is 3.11. The number of nitrogen functional groups attached to an aromatic ring is 1. The van der Waals surface area contributed by atoms with Crippen molar-refractivity contribution < 1.29 is 9.13 Å². The minimum Gasteiger partial charge on any atom is -0.491 e. The van der Waals surface area contributed by atoms with Gasteiger partial charge in [-0.3, -0.25) is 0 Å². The fourth-order valence-corrected chi connectivity index (χ4v) is 3.11. The molecule has 3 unspecified atom stereocenters. The Bertz CT molecular complexity index is 478. The average Bonchev–Trinajstić information content (AvgIpc) is 2.37. The third kappa shape index (κ3) is 2.84. The van der Waals surface area contributed by atoms with E-state index < -0.39 is 0 Å². The van der Waals surface area contributed by atoms with E-state index in [4.69, 9.17) is 10.5 Å². The average molecular weight is 280 g/mol. The van der Waals surface area contributed by atoms with Gasteiger partial charge in [-0.05, 0) is 32.1 Å². The Kier molecular flexibility index (Phi) is 4.41. The molecule has 112 valence electrons. The highest BCUT2D eigenvalue weighted by molar-refractivity contribution is 5.70. The van der Waals surface area contributed by atoms with E-state index in [1.165, 1.54) is 12.5 Å². The molecule has 0 radical (unpaired) electrons. The number of hydrogen-bond acceptors (Lipinski definition) is 3. The second kappa shape index (κ2) is 5.90. The van der Waals surface area contributed by atoms with E-state index in [1.807, 2.05) is 6.92 Å². The fraction of sp³-hybridized carbons (Fsp3) is 0.625. The third-order valence-electron chi connectivity index (χ3n) is 4.29. The number of ether oxygens (including phenoxy) is 1. The predicted molar refractivity (Wildman–Crippen MR) is 81.7 cm³/mol. The van der Waals surface area contributed by atoms with Crippen LogP contribution < -0.4 is 15.4 Å². The summed E-state index contributed by atoms with van der Waals surface area (Å²) in [4.78, 5) is 2.29. The van der Waals surface area contributed by atoms with E-state index in [0.29, 0.717) is 30.2 Å². The normalized spacial score (nSPS) is 26.6. The second-order valence-electron chi connectivity index (χ2n) is 5.99. The van der Waals surface area contributed by atoms with Gasteiger partial charge in [0.25, 0.3) is 0 Å². The zero-order valence-corrected chi connectivity index (χ0v) is 12.8. The molecule has 0 bridgehead atoms. The molecular formula is C16H25FN2O. The lowest BCUT2D eigenvalue weighted by atomic mass is 9.85. The Balaban J connectivity index is 2.37. The van der Waals surface area contributed by atoms with Gasteiger partial charge in [0.1, 0.15) is 0 Å². The SMILES string of the molecule is CCOc1cc(N2CC(C)CC(C)C2C)c(N)cc1F. The van der Waals surface area contributed by atoms with Crippen molar-refractivity contribution in [1.29, 1.82) is 0 Å². The number of benzene rings is 1. The van der Waals surface area contributed by atoms with Crippen LogP contribution in [-0.4, -0.2) is 19.2 Å².